The topological polar surface area (TPSA) is 96.9 Å². The van der Waals surface area contributed by atoms with E-state index in [1.807, 2.05) is 12.1 Å². The molecule has 33 heavy (non-hydrogen) atoms. The quantitative estimate of drug-likeness (QED) is 0.595. The number of rotatable bonds is 6. The van der Waals surface area contributed by atoms with Crippen molar-refractivity contribution in [2.75, 3.05) is 50.2 Å². The third kappa shape index (κ3) is 4.49. The van der Waals surface area contributed by atoms with E-state index in [0.29, 0.717) is 48.3 Å². The van der Waals surface area contributed by atoms with Gasteiger partial charge in [-0.05, 0) is 30.7 Å². The predicted octanol–water partition coefficient (Wildman–Crippen LogP) is 2.91. The minimum absolute atomic E-state index is 0.131. The summed E-state index contributed by atoms with van der Waals surface area (Å²) in [5.41, 5.74) is 2.96. The first-order valence-electron chi connectivity index (χ1n) is 11.0. The lowest BCUT2D eigenvalue weighted by atomic mass is 10.2. The fourth-order valence-electron chi connectivity index (χ4n) is 4.18. The average Bonchev–Trinajstić information content (AvgIpc) is 3.45. The number of amides is 2. The molecule has 0 radical (unpaired) electrons. The molecule has 2 saturated heterocycles. The molecule has 172 valence electrons. The van der Waals surface area contributed by atoms with Crippen molar-refractivity contribution >= 4 is 44.2 Å². The van der Waals surface area contributed by atoms with Gasteiger partial charge < -0.3 is 19.3 Å². The molecule has 2 aliphatic rings. The molecule has 3 aromatic rings. The number of hydrogen-bond acceptors (Lipinski definition) is 8. The molecule has 0 atom stereocenters. The fourth-order valence-corrected chi connectivity index (χ4v) is 5.20. The molecule has 10 heteroatoms. The average molecular weight is 468 g/mol. The van der Waals surface area contributed by atoms with E-state index in [0.717, 1.165) is 42.0 Å². The molecule has 9 nitrogen and oxygen atoms in total. The number of nitrogens with one attached hydrogen (secondary N) is 1. The van der Waals surface area contributed by atoms with E-state index in [1.54, 1.807) is 30.3 Å². The highest BCUT2D eigenvalue weighted by Crippen LogP contribution is 2.39. The molecule has 0 spiro atoms. The summed E-state index contributed by atoms with van der Waals surface area (Å²) >= 11 is 1.43. The van der Waals surface area contributed by atoms with Crippen LogP contribution < -0.4 is 15.0 Å². The number of fused-ring (bicyclic) bond motifs is 1. The Balaban J connectivity index is 1.38. The number of nitrogens with zero attached hydrogens (tertiary/aromatic N) is 4. The number of morpholine rings is 1. The number of methoxy groups -OCH3 is 1. The van der Waals surface area contributed by atoms with Gasteiger partial charge in [-0.25, -0.2) is 4.98 Å². The third-order valence-corrected chi connectivity index (χ3v) is 6.87. The van der Waals surface area contributed by atoms with Gasteiger partial charge >= 0.3 is 0 Å². The van der Waals surface area contributed by atoms with Crippen LogP contribution in [0.4, 0.5) is 10.8 Å². The fraction of sp³-hybridized carbons (Fsp3) is 0.391. The van der Waals surface area contributed by atoms with Crippen molar-refractivity contribution < 1.29 is 19.1 Å². The molecule has 1 aromatic carbocycles. The van der Waals surface area contributed by atoms with Gasteiger partial charge in [0.1, 0.15) is 11.3 Å². The third-order valence-electron chi connectivity index (χ3n) is 5.88. The highest BCUT2D eigenvalue weighted by atomic mass is 32.1. The lowest BCUT2D eigenvalue weighted by molar-refractivity contribution is -0.128. The number of carbonyl (C=O) groups excluding carboxylic acids is 2. The summed E-state index contributed by atoms with van der Waals surface area (Å²) in [6, 6.07) is 7.34. The Morgan fingerprint density at radius 1 is 1.24 bits per heavy atom. The van der Waals surface area contributed by atoms with Crippen LogP contribution in [0.15, 0.2) is 30.5 Å². The molecule has 2 fully saturated rings. The van der Waals surface area contributed by atoms with Crippen LogP contribution >= 0.6 is 11.3 Å². The minimum Gasteiger partial charge on any atom is -0.494 e. The van der Waals surface area contributed by atoms with E-state index in [-0.39, 0.29) is 11.8 Å². The number of benzene rings is 1. The minimum atomic E-state index is -0.266. The van der Waals surface area contributed by atoms with Crippen molar-refractivity contribution in [1.82, 2.24) is 14.9 Å². The smallest absolute Gasteiger partial charge is 0.257 e. The molecule has 4 heterocycles. The maximum absolute atomic E-state index is 13.0. The number of thiazole rings is 1. The molecule has 2 aliphatic heterocycles. The van der Waals surface area contributed by atoms with Gasteiger partial charge in [-0.2, -0.15) is 0 Å². The van der Waals surface area contributed by atoms with Crippen molar-refractivity contribution in [3.8, 4) is 5.75 Å². The highest BCUT2D eigenvalue weighted by molar-refractivity contribution is 7.23. The van der Waals surface area contributed by atoms with Crippen LogP contribution in [-0.4, -0.2) is 66.6 Å². The van der Waals surface area contributed by atoms with Crippen molar-refractivity contribution in [2.24, 2.45) is 0 Å². The van der Waals surface area contributed by atoms with Crippen molar-refractivity contribution in [2.45, 2.75) is 19.4 Å². The van der Waals surface area contributed by atoms with Crippen molar-refractivity contribution in [3.05, 3.63) is 41.7 Å². The van der Waals surface area contributed by atoms with Crippen LogP contribution in [0.3, 0.4) is 0 Å². The normalized spacial score (nSPS) is 16.5. The summed E-state index contributed by atoms with van der Waals surface area (Å²) in [4.78, 5) is 37.9. The highest BCUT2D eigenvalue weighted by Gasteiger charge is 2.22. The first kappa shape index (κ1) is 21.6. The summed E-state index contributed by atoms with van der Waals surface area (Å²) in [5, 5.41) is 3.42. The Morgan fingerprint density at radius 2 is 2.09 bits per heavy atom. The second kappa shape index (κ2) is 9.32. The van der Waals surface area contributed by atoms with E-state index in [9.17, 15) is 9.59 Å². The van der Waals surface area contributed by atoms with E-state index in [1.165, 1.54) is 11.3 Å². The Kier molecular flexibility index (Phi) is 6.10. The lowest BCUT2D eigenvalue weighted by Gasteiger charge is -2.29. The largest absolute Gasteiger partial charge is 0.494 e. The Labute approximate surface area is 195 Å². The first-order chi connectivity index (χ1) is 16.1. The first-order valence-corrected chi connectivity index (χ1v) is 11.8. The van der Waals surface area contributed by atoms with Crippen LogP contribution in [0.25, 0.3) is 10.2 Å². The molecule has 0 unspecified atom stereocenters. The number of pyridine rings is 1. The Hall–Kier alpha value is -3.24. The number of ether oxygens (including phenoxy) is 2. The Morgan fingerprint density at radius 3 is 2.85 bits per heavy atom. The van der Waals surface area contributed by atoms with Gasteiger partial charge in [0.15, 0.2) is 5.13 Å². The van der Waals surface area contributed by atoms with Crippen LogP contribution in [0.1, 0.15) is 28.9 Å². The lowest BCUT2D eigenvalue weighted by Crippen LogP contribution is -2.36. The summed E-state index contributed by atoms with van der Waals surface area (Å²) < 4.78 is 12.0. The maximum Gasteiger partial charge on any atom is 0.257 e. The molecule has 0 bridgehead atoms. The number of aromatic nitrogens is 2. The molecule has 2 aromatic heterocycles. The number of hydrogen-bond donors (Lipinski definition) is 1. The molecule has 5 rings (SSSR count). The van der Waals surface area contributed by atoms with Crippen molar-refractivity contribution in [3.63, 3.8) is 0 Å². The molecule has 0 saturated carbocycles. The van der Waals surface area contributed by atoms with E-state index < -0.39 is 0 Å². The zero-order chi connectivity index (χ0) is 22.8. The van der Waals surface area contributed by atoms with E-state index in [4.69, 9.17) is 9.47 Å². The number of carbonyl (C=O) groups is 2. The molecular formula is C23H25N5O4S. The molecule has 1 N–H and O–H groups in total. The standard InChI is InChI=1S/C23H25N5O4S/c1-31-18-5-4-17(27-9-11-32-12-10-27)21-20(18)25-23(33-21)26-22(30)15-6-7-24-16(13-15)14-28-8-2-3-19(28)29/h4-7,13H,2-3,8-12,14H2,1H3,(H,25,26,30). The van der Waals surface area contributed by atoms with Crippen LogP contribution in [0, 0.1) is 0 Å². The van der Waals surface area contributed by atoms with Gasteiger partial charge in [-0.15, -0.1) is 0 Å². The summed E-state index contributed by atoms with van der Waals surface area (Å²) in [6.45, 7) is 4.13. The van der Waals surface area contributed by atoms with Gasteiger partial charge in [0.25, 0.3) is 5.91 Å². The predicted molar refractivity (Wildman–Crippen MR) is 126 cm³/mol. The van der Waals surface area contributed by atoms with Gasteiger partial charge in [0, 0.05) is 37.8 Å². The van der Waals surface area contributed by atoms with Crippen molar-refractivity contribution in [1.29, 1.82) is 0 Å². The summed E-state index contributed by atoms with van der Waals surface area (Å²) in [6.07, 6.45) is 3.04. The van der Waals surface area contributed by atoms with Crippen LogP contribution in [0.5, 0.6) is 5.75 Å². The van der Waals surface area contributed by atoms with E-state index in [2.05, 4.69) is 20.2 Å². The van der Waals surface area contributed by atoms with Gasteiger partial charge in [-0.3, -0.25) is 19.9 Å². The monoisotopic (exact) mass is 467 g/mol. The Bertz CT molecular complexity index is 1190. The number of anilines is 2. The zero-order valence-electron chi connectivity index (χ0n) is 18.4. The summed E-state index contributed by atoms with van der Waals surface area (Å²) in [5.74, 6) is 0.531. The van der Waals surface area contributed by atoms with Crippen LogP contribution in [0.2, 0.25) is 0 Å². The second-order valence-electron chi connectivity index (χ2n) is 7.99. The molecule has 2 amide bonds. The zero-order valence-corrected chi connectivity index (χ0v) is 19.2. The maximum atomic E-state index is 13.0. The van der Waals surface area contributed by atoms with Crippen LogP contribution in [-0.2, 0) is 16.1 Å². The summed E-state index contributed by atoms with van der Waals surface area (Å²) in [7, 11) is 1.62. The molecular weight excluding hydrogens is 442 g/mol. The number of likely N-dealkylation sites (tertiary alicyclic amines) is 1. The van der Waals surface area contributed by atoms with Gasteiger partial charge in [-0.1, -0.05) is 11.3 Å². The van der Waals surface area contributed by atoms with Gasteiger partial charge in [0.05, 0.1) is 42.9 Å². The van der Waals surface area contributed by atoms with Gasteiger partial charge in [0.2, 0.25) is 5.91 Å². The second-order valence-corrected chi connectivity index (χ2v) is 8.99. The molecule has 0 aliphatic carbocycles. The van der Waals surface area contributed by atoms with E-state index >= 15 is 0 Å². The SMILES string of the molecule is COc1ccc(N2CCOCC2)c2sc(NC(=O)c3ccnc(CN4CCCC4=O)c3)nc12.